The summed E-state index contributed by atoms with van der Waals surface area (Å²) in [7, 11) is 0. The van der Waals surface area contributed by atoms with E-state index in [-0.39, 0.29) is 53.0 Å². The molecular weight excluding hydrogens is 840 g/mol. The topological polar surface area (TPSA) is 142 Å². The number of hydrogen-bond acceptors (Lipinski definition) is 10. The van der Waals surface area contributed by atoms with E-state index < -0.39 is 17.9 Å². The summed E-state index contributed by atoms with van der Waals surface area (Å²) in [5, 5.41) is 7.25. The number of rotatable bonds is 7. The van der Waals surface area contributed by atoms with E-state index in [1.807, 2.05) is 34.0 Å². The molecular formula is C51H61FN8O6. The summed E-state index contributed by atoms with van der Waals surface area (Å²) in [6, 6.07) is 9.49. The van der Waals surface area contributed by atoms with E-state index in [1.165, 1.54) is 5.57 Å². The van der Waals surface area contributed by atoms with Gasteiger partial charge in [0.2, 0.25) is 23.7 Å². The maximum absolute atomic E-state index is 15.5. The zero-order valence-electron chi connectivity index (χ0n) is 38.6. The minimum absolute atomic E-state index is 0.0995. The van der Waals surface area contributed by atoms with Crippen LogP contribution in [0.25, 0.3) is 16.5 Å². The highest BCUT2D eigenvalue weighted by Gasteiger charge is 2.48. The molecule has 8 aliphatic heterocycles. The summed E-state index contributed by atoms with van der Waals surface area (Å²) < 4.78 is 29.4. The predicted molar refractivity (Wildman–Crippen MR) is 246 cm³/mol. The average Bonchev–Trinajstić information content (AvgIpc) is 3.92. The number of aromatic nitrogens is 2. The Morgan fingerprint density at radius 1 is 0.924 bits per heavy atom. The second-order valence-corrected chi connectivity index (χ2v) is 21.6. The van der Waals surface area contributed by atoms with Crippen molar-refractivity contribution in [3.05, 3.63) is 81.8 Å². The van der Waals surface area contributed by atoms with E-state index in [9.17, 15) is 19.2 Å². The Labute approximate surface area is 385 Å². The standard InChI is InChI=1S/C51H61FN8O6/c1-49(2)22-31(23-50(3,4)66-49)17-33-18-34(32-5-6-41-40(20-32)45(52)55-60(41)38-9-15-65-16-10-38)24-53-46(33)57-13-11-51(12-14-57)29-58(30-51)44(62)28-56-25-35-19-37-27-59(42-7-8-43(61)54-47(42)63)48(64)39(37)21-36(35)26-56/h5-6,17-21,24,31,38,42,46H,7-16,22-23,25-30H2,1-4H3,(H,54,61,63). The van der Waals surface area contributed by atoms with Crippen LogP contribution in [0.15, 0.2) is 53.0 Å². The number of piperidine rings is 2. The number of amides is 4. The molecule has 5 saturated heterocycles. The average molecular weight is 901 g/mol. The first kappa shape index (κ1) is 43.5. The minimum Gasteiger partial charge on any atom is -0.381 e. The number of carbonyl (C=O) groups is 4. The Morgan fingerprint density at radius 2 is 1.65 bits per heavy atom. The van der Waals surface area contributed by atoms with E-state index >= 15 is 4.39 Å². The van der Waals surface area contributed by atoms with Gasteiger partial charge in [0.15, 0.2) is 0 Å². The molecule has 11 rings (SSSR count). The summed E-state index contributed by atoms with van der Waals surface area (Å²) in [4.78, 5) is 64.9. The van der Waals surface area contributed by atoms with Gasteiger partial charge >= 0.3 is 0 Å². The maximum Gasteiger partial charge on any atom is 0.255 e. The summed E-state index contributed by atoms with van der Waals surface area (Å²) in [5.74, 6) is -0.888. The molecule has 4 amide bonds. The van der Waals surface area contributed by atoms with Crippen molar-refractivity contribution in [3.8, 4) is 0 Å². The highest BCUT2D eigenvalue weighted by atomic mass is 19.1. The van der Waals surface area contributed by atoms with Crippen molar-refractivity contribution < 1.29 is 33.0 Å². The third kappa shape index (κ3) is 8.13. The number of imide groups is 1. The van der Waals surface area contributed by atoms with Gasteiger partial charge in [-0.2, -0.15) is 4.39 Å². The molecule has 0 bridgehead atoms. The van der Waals surface area contributed by atoms with Gasteiger partial charge in [-0.15, -0.1) is 5.10 Å². The lowest BCUT2D eigenvalue weighted by Gasteiger charge is -2.55. The molecule has 0 aliphatic carbocycles. The monoisotopic (exact) mass is 900 g/mol. The van der Waals surface area contributed by atoms with Crippen LogP contribution in [0, 0.1) is 17.3 Å². The minimum atomic E-state index is -0.636. The van der Waals surface area contributed by atoms with Gasteiger partial charge < -0.3 is 19.3 Å². The molecule has 8 aliphatic rings. The normalized spacial score (nSPS) is 27.4. The van der Waals surface area contributed by atoms with Crippen molar-refractivity contribution in [2.24, 2.45) is 16.3 Å². The number of halogens is 1. The number of likely N-dealkylation sites (tertiary alicyclic amines) is 2. The predicted octanol–water partition coefficient (Wildman–Crippen LogP) is 5.93. The molecule has 348 valence electrons. The van der Waals surface area contributed by atoms with Crippen LogP contribution >= 0.6 is 0 Å². The van der Waals surface area contributed by atoms with Crippen LogP contribution in [0.1, 0.15) is 118 Å². The van der Waals surface area contributed by atoms with Crippen LogP contribution in [0.4, 0.5) is 4.39 Å². The zero-order chi connectivity index (χ0) is 45.7. The lowest BCUT2D eigenvalue weighted by atomic mass is 9.71. The first-order chi connectivity index (χ1) is 31.6. The van der Waals surface area contributed by atoms with Crippen LogP contribution in [0.5, 0.6) is 0 Å². The molecule has 2 aromatic carbocycles. The lowest BCUT2D eigenvalue weighted by molar-refractivity contribution is -0.166. The summed E-state index contributed by atoms with van der Waals surface area (Å²) in [6.07, 6.45) is 12.5. The number of nitrogens with one attached hydrogen (secondary N) is 1. The van der Waals surface area contributed by atoms with Gasteiger partial charge in [-0.25, -0.2) is 0 Å². The quantitative estimate of drug-likeness (QED) is 0.286. The Balaban J connectivity index is 0.735. The van der Waals surface area contributed by atoms with Gasteiger partial charge in [0.05, 0.1) is 34.7 Å². The highest BCUT2D eigenvalue weighted by Crippen LogP contribution is 2.44. The van der Waals surface area contributed by atoms with Crippen molar-refractivity contribution >= 4 is 46.3 Å². The molecule has 2 atom stereocenters. The SMILES string of the molecule is CC1(C)CC(C=C2C=C(c3ccc4c(c3)c(F)nn4C3CCOCC3)C=NC2N2CCC3(CC2)CN(C(=O)CN2Cc4cc5c(cc4C2)C(=O)N(C2CCC(=O)NC2=O)C5)C3)CC(C)(C)O1. The third-order valence-corrected chi connectivity index (χ3v) is 15.6. The van der Waals surface area contributed by atoms with Crippen LogP contribution in [0.3, 0.4) is 0 Å². The van der Waals surface area contributed by atoms with E-state index in [0.717, 1.165) is 98.0 Å². The summed E-state index contributed by atoms with van der Waals surface area (Å²) in [6.45, 7) is 15.2. The number of nitrogens with zero attached hydrogens (tertiary/aromatic N) is 7. The van der Waals surface area contributed by atoms with Crippen molar-refractivity contribution in [3.63, 3.8) is 0 Å². The number of allylic oxidation sites excluding steroid dienone is 2. The fourth-order valence-corrected chi connectivity index (χ4v) is 12.6. The molecule has 2 unspecified atom stereocenters. The van der Waals surface area contributed by atoms with Crippen LogP contribution < -0.4 is 5.32 Å². The summed E-state index contributed by atoms with van der Waals surface area (Å²) >= 11 is 0. The Kier molecular flexibility index (Phi) is 10.7. The fraction of sp³-hybridized carbons (Fsp3) is 0.569. The second kappa shape index (κ2) is 16.3. The van der Waals surface area contributed by atoms with Gasteiger partial charge in [0.25, 0.3) is 5.91 Å². The number of carbonyl (C=O) groups excluding carboxylic acids is 4. The van der Waals surface area contributed by atoms with E-state index in [4.69, 9.17) is 14.5 Å². The van der Waals surface area contributed by atoms with Gasteiger partial charge in [0.1, 0.15) is 12.2 Å². The molecule has 1 aromatic heterocycles. The maximum atomic E-state index is 15.5. The smallest absolute Gasteiger partial charge is 0.255 e. The van der Waals surface area contributed by atoms with E-state index in [2.05, 4.69) is 72.2 Å². The van der Waals surface area contributed by atoms with Crippen LogP contribution in [0.2, 0.25) is 0 Å². The first-order valence-corrected chi connectivity index (χ1v) is 24.0. The van der Waals surface area contributed by atoms with Crippen LogP contribution in [-0.4, -0.2) is 129 Å². The number of fused-ring (bicyclic) bond motifs is 3. The fourth-order valence-electron chi connectivity index (χ4n) is 12.6. The van der Waals surface area contributed by atoms with E-state index in [1.54, 1.807) is 4.90 Å². The molecule has 9 heterocycles. The van der Waals surface area contributed by atoms with Crippen molar-refractivity contribution in [2.45, 2.75) is 128 Å². The third-order valence-electron chi connectivity index (χ3n) is 15.6. The van der Waals surface area contributed by atoms with E-state index in [0.29, 0.717) is 62.7 Å². The molecule has 3 aromatic rings. The van der Waals surface area contributed by atoms with Crippen molar-refractivity contribution in [1.82, 2.24) is 34.7 Å². The van der Waals surface area contributed by atoms with Gasteiger partial charge in [0, 0.05) is 82.6 Å². The highest BCUT2D eigenvalue weighted by molar-refractivity contribution is 6.12. The number of ether oxygens (including phenoxy) is 2. The Morgan fingerprint density at radius 3 is 2.38 bits per heavy atom. The molecule has 15 heteroatoms. The van der Waals surface area contributed by atoms with Crippen molar-refractivity contribution in [2.75, 3.05) is 45.9 Å². The molecule has 14 nitrogen and oxygen atoms in total. The number of hydrogen-bond donors (Lipinski definition) is 1. The largest absolute Gasteiger partial charge is 0.381 e. The molecule has 1 spiro atoms. The molecule has 5 fully saturated rings. The van der Waals surface area contributed by atoms with Gasteiger partial charge in [-0.3, -0.25) is 44.0 Å². The molecule has 0 saturated carbocycles. The first-order valence-electron chi connectivity index (χ1n) is 24.0. The van der Waals surface area contributed by atoms with Crippen molar-refractivity contribution in [1.29, 1.82) is 0 Å². The van der Waals surface area contributed by atoms with Gasteiger partial charge in [-0.1, -0.05) is 18.2 Å². The molecule has 1 N–H and O–H groups in total. The summed E-state index contributed by atoms with van der Waals surface area (Å²) in [5.41, 5.74) is 7.10. The van der Waals surface area contributed by atoms with Crippen LogP contribution in [-0.2, 0) is 43.5 Å². The zero-order valence-corrected chi connectivity index (χ0v) is 38.6. The molecule has 66 heavy (non-hydrogen) atoms. The second-order valence-electron chi connectivity index (χ2n) is 21.6. The Hall–Kier alpha value is -5.09. The number of benzene rings is 2. The Bertz CT molecular complexity index is 2590. The lowest BCUT2D eigenvalue weighted by Crippen LogP contribution is -2.63. The van der Waals surface area contributed by atoms with Gasteiger partial charge in [-0.05, 0) is 136 Å². The molecule has 0 radical (unpaired) electrons. The number of dihydropyridines is 1. The number of aliphatic imine (C=N–C) groups is 1.